The maximum absolute atomic E-state index is 13.3. The molecule has 198 valence electrons. The minimum Gasteiger partial charge on any atom is -0.313 e. The van der Waals surface area contributed by atoms with Crippen LogP contribution in [0.2, 0.25) is 0 Å². The first-order valence-electron chi connectivity index (χ1n) is 13.2. The van der Waals surface area contributed by atoms with Crippen molar-refractivity contribution in [2.75, 3.05) is 18.4 Å². The average molecular weight is 566 g/mol. The standard InChI is InChI=1S/C29H31N3O3S3/c1-18-15-19(2)17-32(16-18)38(34,35)21-13-11-20(12-14-21)27(33)31-29-26(22-7-3-5-9-24(22)36-29)28-30-23-8-4-6-10-25(23)37-28/h4,6,8,10-14,18-19H,3,5,7,9,15-17H2,1-2H3,(H,31,33)/t18-,19+. The molecule has 1 fully saturated rings. The first kappa shape index (κ1) is 25.7. The summed E-state index contributed by atoms with van der Waals surface area (Å²) >= 11 is 3.30. The van der Waals surface area contributed by atoms with Gasteiger partial charge in [-0.05, 0) is 85.9 Å². The summed E-state index contributed by atoms with van der Waals surface area (Å²) in [5.41, 5.74) is 3.76. The predicted octanol–water partition coefficient (Wildman–Crippen LogP) is 6.82. The molecule has 2 aliphatic rings. The molecule has 9 heteroatoms. The summed E-state index contributed by atoms with van der Waals surface area (Å²) < 4.78 is 29.2. The van der Waals surface area contributed by atoms with Gasteiger partial charge in [-0.2, -0.15) is 4.31 Å². The van der Waals surface area contributed by atoms with Gasteiger partial charge in [-0.1, -0.05) is 26.0 Å². The summed E-state index contributed by atoms with van der Waals surface area (Å²) in [5, 5.41) is 4.91. The Hall–Kier alpha value is -2.59. The van der Waals surface area contributed by atoms with Gasteiger partial charge in [0, 0.05) is 29.1 Å². The van der Waals surface area contributed by atoms with E-state index in [1.807, 2.05) is 18.2 Å². The molecule has 2 aromatic carbocycles. The molecule has 0 radical (unpaired) electrons. The molecule has 0 bridgehead atoms. The number of benzene rings is 2. The Balaban J connectivity index is 1.27. The third-order valence-corrected chi connectivity index (χ3v) is 11.6. The molecule has 6 nitrogen and oxygen atoms in total. The number of para-hydroxylation sites is 1. The number of anilines is 1. The van der Waals surface area contributed by atoms with Crippen molar-refractivity contribution < 1.29 is 13.2 Å². The highest BCUT2D eigenvalue weighted by molar-refractivity contribution is 7.89. The molecule has 2 atom stereocenters. The van der Waals surface area contributed by atoms with Gasteiger partial charge in [0.15, 0.2) is 0 Å². The minimum absolute atomic E-state index is 0.233. The van der Waals surface area contributed by atoms with E-state index in [1.165, 1.54) is 10.4 Å². The van der Waals surface area contributed by atoms with Crippen molar-refractivity contribution in [2.45, 2.75) is 50.8 Å². The van der Waals surface area contributed by atoms with Crippen LogP contribution in [0.3, 0.4) is 0 Å². The zero-order valence-corrected chi connectivity index (χ0v) is 24.0. The predicted molar refractivity (Wildman–Crippen MR) is 156 cm³/mol. The molecule has 3 heterocycles. The molecule has 2 aromatic heterocycles. The van der Waals surface area contributed by atoms with E-state index < -0.39 is 10.0 Å². The number of aryl methyl sites for hydroxylation is 1. The maximum Gasteiger partial charge on any atom is 0.256 e. The van der Waals surface area contributed by atoms with E-state index in [1.54, 1.807) is 51.2 Å². The van der Waals surface area contributed by atoms with E-state index in [0.29, 0.717) is 30.5 Å². The number of thiazole rings is 1. The van der Waals surface area contributed by atoms with Gasteiger partial charge in [-0.15, -0.1) is 22.7 Å². The molecule has 6 rings (SSSR count). The molecule has 1 aliphatic heterocycles. The smallest absolute Gasteiger partial charge is 0.256 e. The maximum atomic E-state index is 13.3. The van der Waals surface area contributed by atoms with Crippen LogP contribution in [0.5, 0.6) is 0 Å². The highest BCUT2D eigenvalue weighted by Gasteiger charge is 2.32. The van der Waals surface area contributed by atoms with Gasteiger partial charge >= 0.3 is 0 Å². The zero-order valence-electron chi connectivity index (χ0n) is 21.6. The number of carbonyl (C=O) groups excluding carboxylic acids is 1. The van der Waals surface area contributed by atoms with Gasteiger partial charge < -0.3 is 5.32 Å². The second-order valence-electron chi connectivity index (χ2n) is 10.6. The number of thiophene rings is 1. The van der Waals surface area contributed by atoms with Crippen molar-refractivity contribution in [3.63, 3.8) is 0 Å². The molecule has 0 saturated carbocycles. The number of rotatable bonds is 5. The summed E-state index contributed by atoms with van der Waals surface area (Å²) in [5.74, 6) is 0.426. The van der Waals surface area contributed by atoms with Crippen molar-refractivity contribution in [1.82, 2.24) is 9.29 Å². The Bertz CT molecular complexity index is 1560. The van der Waals surface area contributed by atoms with Crippen LogP contribution in [0.25, 0.3) is 20.8 Å². The molecular formula is C29H31N3O3S3. The molecule has 1 saturated heterocycles. The van der Waals surface area contributed by atoms with E-state index >= 15 is 0 Å². The van der Waals surface area contributed by atoms with Crippen LogP contribution in [0.1, 0.15) is 53.9 Å². The number of carbonyl (C=O) groups is 1. The van der Waals surface area contributed by atoms with Crippen LogP contribution < -0.4 is 5.32 Å². The van der Waals surface area contributed by atoms with E-state index in [-0.39, 0.29) is 10.8 Å². The summed E-state index contributed by atoms with van der Waals surface area (Å²) in [6.45, 7) is 5.26. The Labute approximate surface area is 231 Å². The zero-order chi connectivity index (χ0) is 26.4. The summed E-state index contributed by atoms with van der Waals surface area (Å²) in [4.78, 5) is 19.8. The van der Waals surface area contributed by atoms with Crippen LogP contribution >= 0.6 is 22.7 Å². The Morgan fingerprint density at radius 1 is 0.974 bits per heavy atom. The SMILES string of the molecule is C[C@@H]1C[C@H](C)CN(S(=O)(=O)c2ccc(C(=O)Nc3sc4c(c3-c3nc5ccccc5s3)CCCC4)cc2)C1. The summed E-state index contributed by atoms with van der Waals surface area (Å²) in [7, 11) is -3.59. The van der Waals surface area contributed by atoms with Crippen LogP contribution in [0, 0.1) is 11.8 Å². The van der Waals surface area contributed by atoms with Gasteiger partial charge in [0.1, 0.15) is 10.0 Å². The fourth-order valence-electron chi connectivity index (χ4n) is 5.76. The molecule has 1 N–H and O–H groups in total. The third-order valence-electron chi connectivity index (χ3n) is 7.50. The molecule has 0 spiro atoms. The van der Waals surface area contributed by atoms with Crippen molar-refractivity contribution >= 4 is 53.8 Å². The number of piperidine rings is 1. The first-order valence-corrected chi connectivity index (χ1v) is 16.3. The largest absolute Gasteiger partial charge is 0.313 e. The van der Waals surface area contributed by atoms with Gasteiger partial charge in [0.05, 0.1) is 15.1 Å². The van der Waals surface area contributed by atoms with Crippen molar-refractivity contribution in [3.05, 3.63) is 64.5 Å². The first-order chi connectivity index (χ1) is 18.3. The second kappa shape index (κ2) is 10.2. The van der Waals surface area contributed by atoms with E-state index in [2.05, 4.69) is 25.2 Å². The van der Waals surface area contributed by atoms with Crippen LogP contribution in [-0.2, 0) is 22.9 Å². The highest BCUT2D eigenvalue weighted by atomic mass is 32.2. The van der Waals surface area contributed by atoms with Crippen molar-refractivity contribution in [3.8, 4) is 10.6 Å². The monoisotopic (exact) mass is 565 g/mol. The Morgan fingerprint density at radius 2 is 1.68 bits per heavy atom. The normalized spacial score (nSPS) is 20.4. The Kier molecular flexibility index (Phi) is 6.88. The van der Waals surface area contributed by atoms with Gasteiger partial charge in [-0.3, -0.25) is 4.79 Å². The molecular weight excluding hydrogens is 535 g/mol. The lowest BCUT2D eigenvalue weighted by atomic mass is 9.94. The molecule has 38 heavy (non-hydrogen) atoms. The van der Waals surface area contributed by atoms with Crippen LogP contribution in [-0.4, -0.2) is 36.7 Å². The lowest BCUT2D eigenvalue weighted by Gasteiger charge is -2.34. The highest BCUT2D eigenvalue weighted by Crippen LogP contribution is 2.46. The lowest BCUT2D eigenvalue weighted by Crippen LogP contribution is -2.42. The third kappa shape index (κ3) is 4.81. The summed E-state index contributed by atoms with van der Waals surface area (Å²) in [6, 6.07) is 14.5. The molecule has 4 aromatic rings. The molecule has 1 amide bonds. The van der Waals surface area contributed by atoms with E-state index in [0.717, 1.165) is 57.9 Å². The number of sulfonamides is 1. The average Bonchev–Trinajstić information content (AvgIpc) is 3.48. The number of nitrogens with zero attached hydrogens (tertiary/aromatic N) is 2. The number of fused-ring (bicyclic) bond motifs is 2. The fraction of sp³-hybridized carbons (Fsp3) is 0.379. The topological polar surface area (TPSA) is 79.4 Å². The number of amides is 1. The quantitative estimate of drug-likeness (QED) is 0.288. The number of hydrogen-bond donors (Lipinski definition) is 1. The van der Waals surface area contributed by atoms with E-state index in [4.69, 9.17) is 4.98 Å². The molecule has 0 unspecified atom stereocenters. The minimum atomic E-state index is -3.59. The van der Waals surface area contributed by atoms with Crippen molar-refractivity contribution in [1.29, 1.82) is 0 Å². The van der Waals surface area contributed by atoms with Crippen molar-refractivity contribution in [2.24, 2.45) is 11.8 Å². The molecule has 1 aliphatic carbocycles. The van der Waals surface area contributed by atoms with E-state index in [9.17, 15) is 13.2 Å². The van der Waals surface area contributed by atoms with Gasteiger partial charge in [-0.25, -0.2) is 13.4 Å². The Morgan fingerprint density at radius 3 is 2.42 bits per heavy atom. The number of nitrogens with one attached hydrogen (secondary N) is 1. The lowest BCUT2D eigenvalue weighted by molar-refractivity contribution is 0.102. The van der Waals surface area contributed by atoms with Crippen LogP contribution in [0.15, 0.2) is 53.4 Å². The van der Waals surface area contributed by atoms with Gasteiger partial charge in [0.2, 0.25) is 10.0 Å². The fourth-order valence-corrected chi connectivity index (χ4v) is 9.84. The second-order valence-corrected chi connectivity index (χ2v) is 14.7. The van der Waals surface area contributed by atoms with Crippen LogP contribution in [0.4, 0.5) is 5.00 Å². The number of aromatic nitrogens is 1. The van der Waals surface area contributed by atoms with Gasteiger partial charge in [0.25, 0.3) is 5.91 Å². The summed E-state index contributed by atoms with van der Waals surface area (Å²) in [6.07, 6.45) is 5.35. The number of hydrogen-bond acceptors (Lipinski definition) is 6.